The van der Waals surface area contributed by atoms with Gasteiger partial charge in [0.2, 0.25) is 0 Å². The van der Waals surface area contributed by atoms with Crippen molar-refractivity contribution in [3.63, 3.8) is 0 Å². The molecular formula is C33H43ClN6O. The number of anilines is 1. The molecule has 3 aliphatic carbocycles. The predicted molar refractivity (Wildman–Crippen MR) is 169 cm³/mol. The van der Waals surface area contributed by atoms with Gasteiger partial charge < -0.3 is 15.5 Å². The van der Waals surface area contributed by atoms with E-state index in [1.807, 2.05) is 42.5 Å². The molecule has 6 atom stereocenters. The van der Waals surface area contributed by atoms with E-state index in [-0.39, 0.29) is 5.56 Å². The molecule has 2 aromatic carbocycles. The monoisotopic (exact) mass is 574 g/mol. The van der Waals surface area contributed by atoms with Crippen LogP contribution in [0.4, 0.5) is 5.69 Å². The van der Waals surface area contributed by atoms with E-state index in [1.165, 1.54) is 6.42 Å². The van der Waals surface area contributed by atoms with Crippen molar-refractivity contribution in [3.05, 3.63) is 69.7 Å². The third kappa shape index (κ3) is 5.63. The van der Waals surface area contributed by atoms with Crippen LogP contribution in [0.25, 0.3) is 10.9 Å². The highest BCUT2D eigenvalue weighted by Gasteiger charge is 2.56. The Labute approximate surface area is 248 Å². The highest BCUT2D eigenvalue weighted by atomic mass is 35.5. The lowest BCUT2D eigenvalue weighted by molar-refractivity contribution is -0.108. The number of guanidine groups is 1. The van der Waals surface area contributed by atoms with Crippen molar-refractivity contribution in [2.75, 3.05) is 18.4 Å². The fourth-order valence-corrected chi connectivity index (χ4v) is 7.69. The van der Waals surface area contributed by atoms with Gasteiger partial charge in [-0.2, -0.15) is 0 Å². The van der Waals surface area contributed by atoms with Gasteiger partial charge in [0.15, 0.2) is 5.96 Å². The Morgan fingerprint density at radius 1 is 1.10 bits per heavy atom. The van der Waals surface area contributed by atoms with Crippen molar-refractivity contribution in [3.8, 4) is 0 Å². The summed E-state index contributed by atoms with van der Waals surface area (Å²) in [5, 5.41) is 8.66. The molecule has 4 fully saturated rings. The van der Waals surface area contributed by atoms with Crippen LogP contribution >= 0.6 is 11.6 Å². The van der Waals surface area contributed by atoms with Crippen molar-refractivity contribution in [1.82, 2.24) is 19.8 Å². The van der Waals surface area contributed by atoms with Gasteiger partial charge in [-0.05, 0) is 92.2 Å². The number of halogens is 1. The smallest absolute Gasteiger partial charge is 0.261 e. The summed E-state index contributed by atoms with van der Waals surface area (Å²) in [5.41, 5.74) is 3.15. The average Bonchev–Trinajstić information content (AvgIpc) is 2.93. The van der Waals surface area contributed by atoms with E-state index in [1.54, 1.807) is 10.9 Å². The molecule has 1 saturated heterocycles. The minimum atomic E-state index is -0.0213. The number of hydrogen-bond donors (Lipinski definition) is 2. The van der Waals surface area contributed by atoms with Gasteiger partial charge in [-0.25, -0.2) is 9.98 Å². The predicted octanol–water partition coefficient (Wildman–Crippen LogP) is 5.81. The molecule has 0 spiro atoms. The maximum Gasteiger partial charge on any atom is 0.261 e. The molecule has 0 radical (unpaired) electrons. The number of fused-ring (bicyclic) bond motifs is 3. The van der Waals surface area contributed by atoms with Gasteiger partial charge in [-0.3, -0.25) is 9.36 Å². The number of nitrogens with one attached hydrogen (secondary N) is 2. The SMILES string of the molecule is C[C@@H]1[C@@H](N=C(Nc2ccc3c(=O)n(CCc4ccc(Cl)cc4)cnc3c2)N2C[C@@H](C)N[C@@H](C)C2)C[C@@H]2C[C@H]1C2(C)C. The lowest BCUT2D eigenvalue weighted by Crippen LogP contribution is -2.59. The largest absolute Gasteiger partial charge is 0.340 e. The molecule has 4 aliphatic rings. The molecule has 8 heteroatoms. The van der Waals surface area contributed by atoms with Gasteiger partial charge in [0.05, 0.1) is 23.3 Å². The molecule has 2 bridgehead atoms. The summed E-state index contributed by atoms with van der Waals surface area (Å²) in [6.45, 7) is 14.1. The summed E-state index contributed by atoms with van der Waals surface area (Å²) < 4.78 is 1.69. The van der Waals surface area contributed by atoms with Gasteiger partial charge in [0.1, 0.15) is 0 Å². The van der Waals surface area contributed by atoms with Gasteiger partial charge in [0, 0.05) is 42.4 Å². The lowest BCUT2D eigenvalue weighted by Gasteiger charge is -2.61. The Bertz CT molecular complexity index is 1490. The highest BCUT2D eigenvalue weighted by molar-refractivity contribution is 6.30. The topological polar surface area (TPSA) is 74.5 Å². The third-order valence-corrected chi connectivity index (χ3v) is 10.3. The van der Waals surface area contributed by atoms with Crippen LogP contribution in [-0.2, 0) is 13.0 Å². The first-order valence-electron chi connectivity index (χ1n) is 15.2. The number of hydrogen-bond acceptors (Lipinski definition) is 4. The molecule has 1 aliphatic heterocycles. The molecule has 3 saturated carbocycles. The fourth-order valence-electron chi connectivity index (χ4n) is 7.57. The van der Waals surface area contributed by atoms with E-state index in [0.717, 1.165) is 55.0 Å². The number of aliphatic imine (C=N–C) groups is 1. The Balaban J connectivity index is 1.24. The van der Waals surface area contributed by atoms with Crippen molar-refractivity contribution in [2.45, 2.75) is 78.6 Å². The molecule has 2 N–H and O–H groups in total. The maximum atomic E-state index is 13.3. The number of aryl methyl sites for hydroxylation is 2. The van der Waals surface area contributed by atoms with Crippen LogP contribution in [0.2, 0.25) is 5.02 Å². The molecule has 0 unspecified atom stereocenters. The zero-order valence-corrected chi connectivity index (χ0v) is 25.7. The molecule has 41 heavy (non-hydrogen) atoms. The second-order valence-corrected chi connectivity index (χ2v) is 13.8. The Hall–Kier alpha value is -2.90. The molecular weight excluding hydrogens is 532 g/mol. The Kier molecular flexibility index (Phi) is 7.62. The molecule has 1 aromatic heterocycles. The van der Waals surface area contributed by atoms with Crippen LogP contribution in [0.5, 0.6) is 0 Å². The van der Waals surface area contributed by atoms with Crippen molar-refractivity contribution >= 4 is 34.2 Å². The van der Waals surface area contributed by atoms with E-state index < -0.39 is 0 Å². The zero-order chi connectivity index (χ0) is 28.9. The highest BCUT2D eigenvalue weighted by Crippen LogP contribution is 2.61. The molecule has 0 amide bonds. The molecule has 3 aromatic rings. The second-order valence-electron chi connectivity index (χ2n) is 13.3. The zero-order valence-electron chi connectivity index (χ0n) is 24.9. The minimum Gasteiger partial charge on any atom is -0.340 e. The molecule has 7 rings (SSSR count). The van der Waals surface area contributed by atoms with Crippen molar-refractivity contribution in [1.29, 1.82) is 0 Å². The van der Waals surface area contributed by atoms with Crippen LogP contribution in [0.3, 0.4) is 0 Å². The first-order valence-corrected chi connectivity index (χ1v) is 15.6. The van der Waals surface area contributed by atoms with Gasteiger partial charge >= 0.3 is 0 Å². The van der Waals surface area contributed by atoms with E-state index in [2.05, 4.69) is 55.1 Å². The number of nitrogens with zero attached hydrogens (tertiary/aromatic N) is 4. The quantitative estimate of drug-likeness (QED) is 0.297. The minimum absolute atomic E-state index is 0.0213. The standard InChI is InChI=1S/C33H43ClN6O/c1-20-17-40(18-21(2)36-20)32(38-29-15-24-14-28(22(29)3)33(24,4)5)37-26-10-11-27-30(16-26)35-19-39(31(27)41)13-12-23-6-8-25(34)9-7-23/h6-11,16,19-22,24,28-29,36H,12-15,17-18H2,1-5H3,(H,37,38)/t20-,21+,22-,24-,28+,29-/m0/s1. The van der Waals surface area contributed by atoms with Gasteiger partial charge in [0.25, 0.3) is 5.56 Å². The van der Waals surface area contributed by atoms with Crippen LogP contribution in [0.15, 0.2) is 58.6 Å². The first kappa shape index (κ1) is 28.2. The maximum absolute atomic E-state index is 13.3. The first-order chi connectivity index (χ1) is 19.6. The number of piperazine rings is 1. The summed E-state index contributed by atoms with van der Waals surface area (Å²) in [6, 6.07) is 14.7. The van der Waals surface area contributed by atoms with Crippen LogP contribution < -0.4 is 16.2 Å². The van der Waals surface area contributed by atoms with Crippen LogP contribution in [0, 0.1) is 23.2 Å². The van der Waals surface area contributed by atoms with Gasteiger partial charge in [-0.1, -0.05) is 44.5 Å². The number of aromatic nitrogens is 2. The summed E-state index contributed by atoms with van der Waals surface area (Å²) >= 11 is 6.01. The summed E-state index contributed by atoms with van der Waals surface area (Å²) in [6.07, 6.45) is 4.90. The normalized spacial score (nSPS) is 29.3. The summed E-state index contributed by atoms with van der Waals surface area (Å²) in [4.78, 5) is 25.8. The number of benzene rings is 2. The molecule has 218 valence electrons. The fraction of sp³-hybridized carbons (Fsp3) is 0.545. The molecule has 7 nitrogen and oxygen atoms in total. The average molecular weight is 575 g/mol. The summed E-state index contributed by atoms with van der Waals surface area (Å²) in [5.74, 6) is 3.00. The second kappa shape index (κ2) is 11.1. The van der Waals surface area contributed by atoms with E-state index >= 15 is 0 Å². The van der Waals surface area contributed by atoms with E-state index in [9.17, 15) is 4.79 Å². The Morgan fingerprint density at radius 2 is 1.83 bits per heavy atom. The summed E-state index contributed by atoms with van der Waals surface area (Å²) in [7, 11) is 0. The Morgan fingerprint density at radius 3 is 2.51 bits per heavy atom. The number of rotatable bonds is 5. The third-order valence-electron chi connectivity index (χ3n) is 10.1. The van der Waals surface area contributed by atoms with E-state index in [0.29, 0.717) is 51.9 Å². The van der Waals surface area contributed by atoms with Crippen LogP contribution in [-0.4, -0.2) is 51.6 Å². The molecule has 2 heterocycles. The van der Waals surface area contributed by atoms with Crippen LogP contribution in [0.1, 0.15) is 53.0 Å². The van der Waals surface area contributed by atoms with Crippen molar-refractivity contribution in [2.24, 2.45) is 28.2 Å². The van der Waals surface area contributed by atoms with Gasteiger partial charge in [-0.15, -0.1) is 0 Å². The van der Waals surface area contributed by atoms with E-state index in [4.69, 9.17) is 16.6 Å². The lowest BCUT2D eigenvalue weighted by atomic mass is 9.45. The van der Waals surface area contributed by atoms with Crippen molar-refractivity contribution < 1.29 is 0 Å².